The van der Waals surface area contributed by atoms with Gasteiger partial charge in [-0.3, -0.25) is 9.78 Å². The number of nitrogens with zero attached hydrogens (tertiary/aromatic N) is 4. The number of aryl methyl sites for hydroxylation is 3. The molecule has 0 aliphatic heterocycles. The minimum atomic E-state index is -0.259. The third-order valence-electron chi connectivity index (χ3n) is 4.17. The van der Waals surface area contributed by atoms with Gasteiger partial charge in [0.05, 0.1) is 12.2 Å². The fourth-order valence-electron chi connectivity index (χ4n) is 2.87. The number of hydrogen-bond acceptors (Lipinski definition) is 4. The summed E-state index contributed by atoms with van der Waals surface area (Å²) in [6.45, 7) is 8.54. The Kier molecular flexibility index (Phi) is 5.54. The molecule has 3 rings (SSSR count). The van der Waals surface area contributed by atoms with Crippen LogP contribution in [0.15, 0.2) is 30.3 Å². The zero-order chi connectivity index (χ0) is 19.4. The van der Waals surface area contributed by atoms with Gasteiger partial charge in [-0.15, -0.1) is 0 Å². The van der Waals surface area contributed by atoms with E-state index in [4.69, 9.17) is 0 Å². The quantitative estimate of drug-likeness (QED) is 0.623. The third-order valence-corrected chi connectivity index (χ3v) is 4.17. The Balaban J connectivity index is 1.60. The molecule has 3 aromatic rings. The number of hydrogen-bond donors (Lipinski definition) is 3. The molecule has 0 aliphatic carbocycles. The van der Waals surface area contributed by atoms with E-state index in [2.05, 4.69) is 30.9 Å². The number of aromatic nitrogens is 5. The Morgan fingerprint density at radius 3 is 2.78 bits per heavy atom. The van der Waals surface area contributed by atoms with Crippen molar-refractivity contribution in [1.82, 2.24) is 30.3 Å². The van der Waals surface area contributed by atoms with Crippen molar-refractivity contribution in [1.29, 1.82) is 0 Å². The van der Waals surface area contributed by atoms with Gasteiger partial charge in [0, 0.05) is 29.4 Å². The van der Waals surface area contributed by atoms with Crippen molar-refractivity contribution in [2.75, 3.05) is 5.32 Å². The van der Waals surface area contributed by atoms with E-state index in [1.54, 1.807) is 0 Å². The normalized spacial score (nSPS) is 12.0. The lowest BCUT2D eigenvalue weighted by Gasteiger charge is -2.16. The number of urea groups is 1. The molecule has 0 aliphatic rings. The van der Waals surface area contributed by atoms with E-state index >= 15 is 0 Å². The van der Waals surface area contributed by atoms with Crippen LogP contribution in [0.5, 0.6) is 0 Å². The van der Waals surface area contributed by atoms with Gasteiger partial charge in [0.25, 0.3) is 0 Å². The van der Waals surface area contributed by atoms with E-state index in [-0.39, 0.29) is 12.1 Å². The lowest BCUT2D eigenvalue weighted by molar-refractivity contribution is 0.247. The van der Waals surface area contributed by atoms with Crippen LogP contribution in [0.3, 0.4) is 0 Å². The van der Waals surface area contributed by atoms with E-state index in [1.165, 1.54) is 0 Å². The van der Waals surface area contributed by atoms with Crippen molar-refractivity contribution in [3.8, 4) is 11.4 Å². The molecule has 0 saturated carbocycles. The maximum Gasteiger partial charge on any atom is 0.319 e. The summed E-state index contributed by atoms with van der Waals surface area (Å²) in [6.07, 6.45) is 0.792. The minimum Gasteiger partial charge on any atom is -0.334 e. The summed E-state index contributed by atoms with van der Waals surface area (Å²) in [4.78, 5) is 16.7. The molecule has 0 bridgehead atoms. The topological polar surface area (TPSA) is 101 Å². The SMILES string of the molecule is CCc1nc(-c2cccc(NC(=O)N[C@H](C)Cn3nc(C)cc3C)c2)n[nH]1. The lowest BCUT2D eigenvalue weighted by Crippen LogP contribution is -2.38. The number of carbonyl (C=O) groups is 1. The Morgan fingerprint density at radius 2 is 2.11 bits per heavy atom. The van der Waals surface area contributed by atoms with Gasteiger partial charge in [0.2, 0.25) is 0 Å². The van der Waals surface area contributed by atoms with Crippen molar-refractivity contribution >= 4 is 11.7 Å². The number of nitrogens with one attached hydrogen (secondary N) is 3. The molecule has 0 saturated heterocycles. The van der Waals surface area contributed by atoms with Gasteiger partial charge in [0.1, 0.15) is 5.82 Å². The molecule has 2 aromatic heterocycles. The second kappa shape index (κ2) is 8.03. The molecule has 1 aromatic carbocycles. The molecule has 2 heterocycles. The van der Waals surface area contributed by atoms with Gasteiger partial charge in [-0.05, 0) is 39.0 Å². The van der Waals surface area contributed by atoms with E-state index in [1.807, 2.05) is 62.7 Å². The first-order chi connectivity index (χ1) is 12.9. The molecule has 1 atom stereocenters. The molecule has 3 N–H and O–H groups in total. The highest BCUT2D eigenvalue weighted by Gasteiger charge is 2.11. The summed E-state index contributed by atoms with van der Waals surface area (Å²) >= 11 is 0. The van der Waals surface area contributed by atoms with Crippen LogP contribution in [0.25, 0.3) is 11.4 Å². The molecule has 27 heavy (non-hydrogen) atoms. The van der Waals surface area contributed by atoms with Crippen LogP contribution in [-0.4, -0.2) is 37.0 Å². The van der Waals surface area contributed by atoms with Crippen LogP contribution >= 0.6 is 0 Å². The summed E-state index contributed by atoms with van der Waals surface area (Å²) in [5, 5.41) is 17.3. The minimum absolute atomic E-state index is 0.0636. The van der Waals surface area contributed by atoms with Gasteiger partial charge in [-0.2, -0.15) is 10.2 Å². The Hall–Kier alpha value is -3.16. The molecule has 2 amide bonds. The molecule has 0 radical (unpaired) electrons. The predicted octanol–water partition coefficient (Wildman–Crippen LogP) is 3.06. The number of aromatic amines is 1. The maximum atomic E-state index is 12.3. The van der Waals surface area contributed by atoms with E-state index in [9.17, 15) is 4.79 Å². The number of H-pyrrole nitrogens is 1. The molecular formula is C19H25N7O. The lowest BCUT2D eigenvalue weighted by atomic mass is 10.2. The van der Waals surface area contributed by atoms with Crippen molar-refractivity contribution in [2.24, 2.45) is 0 Å². The summed E-state index contributed by atoms with van der Waals surface area (Å²) < 4.78 is 1.90. The van der Waals surface area contributed by atoms with Crippen molar-refractivity contribution in [2.45, 2.75) is 46.7 Å². The van der Waals surface area contributed by atoms with Crippen LogP contribution < -0.4 is 10.6 Å². The van der Waals surface area contributed by atoms with E-state index in [0.717, 1.165) is 29.2 Å². The van der Waals surface area contributed by atoms with Gasteiger partial charge in [0.15, 0.2) is 5.82 Å². The highest BCUT2D eigenvalue weighted by Crippen LogP contribution is 2.19. The monoisotopic (exact) mass is 367 g/mol. The van der Waals surface area contributed by atoms with Gasteiger partial charge in [-0.25, -0.2) is 9.78 Å². The maximum absolute atomic E-state index is 12.3. The first kappa shape index (κ1) is 18.6. The predicted molar refractivity (Wildman–Crippen MR) is 105 cm³/mol. The molecule has 0 fully saturated rings. The number of carbonyl (C=O) groups excluding carboxylic acids is 1. The summed E-state index contributed by atoms with van der Waals surface area (Å²) in [7, 11) is 0. The molecule has 8 heteroatoms. The van der Waals surface area contributed by atoms with Crippen LogP contribution in [-0.2, 0) is 13.0 Å². The number of amides is 2. The van der Waals surface area contributed by atoms with Crippen LogP contribution in [0.2, 0.25) is 0 Å². The molecule has 0 spiro atoms. The van der Waals surface area contributed by atoms with Crippen LogP contribution in [0.4, 0.5) is 10.5 Å². The molecule has 0 unspecified atom stereocenters. The highest BCUT2D eigenvalue weighted by atomic mass is 16.2. The van der Waals surface area contributed by atoms with Gasteiger partial charge in [-0.1, -0.05) is 19.1 Å². The zero-order valence-corrected chi connectivity index (χ0v) is 16.1. The smallest absolute Gasteiger partial charge is 0.319 e. The van der Waals surface area contributed by atoms with Crippen LogP contribution in [0.1, 0.15) is 31.1 Å². The summed E-state index contributed by atoms with van der Waals surface area (Å²) in [5.74, 6) is 1.45. The summed E-state index contributed by atoms with van der Waals surface area (Å²) in [6, 6.07) is 9.17. The third kappa shape index (κ3) is 4.72. The van der Waals surface area contributed by atoms with Gasteiger partial charge >= 0.3 is 6.03 Å². The zero-order valence-electron chi connectivity index (χ0n) is 16.1. The average molecular weight is 367 g/mol. The average Bonchev–Trinajstić information content (AvgIpc) is 3.21. The van der Waals surface area contributed by atoms with Crippen molar-refractivity contribution < 1.29 is 4.79 Å². The molecule has 8 nitrogen and oxygen atoms in total. The first-order valence-corrected chi connectivity index (χ1v) is 9.05. The fourth-order valence-corrected chi connectivity index (χ4v) is 2.87. The summed E-state index contributed by atoms with van der Waals surface area (Å²) in [5.41, 5.74) is 3.58. The Morgan fingerprint density at radius 1 is 1.30 bits per heavy atom. The molecule has 142 valence electrons. The second-order valence-corrected chi connectivity index (χ2v) is 6.65. The van der Waals surface area contributed by atoms with E-state index in [0.29, 0.717) is 18.1 Å². The second-order valence-electron chi connectivity index (χ2n) is 6.65. The van der Waals surface area contributed by atoms with Crippen molar-refractivity contribution in [3.05, 3.63) is 47.5 Å². The number of rotatable bonds is 6. The highest BCUT2D eigenvalue weighted by molar-refractivity contribution is 5.90. The van der Waals surface area contributed by atoms with Crippen molar-refractivity contribution in [3.63, 3.8) is 0 Å². The van der Waals surface area contributed by atoms with E-state index < -0.39 is 0 Å². The fraction of sp³-hybridized carbons (Fsp3) is 0.368. The Labute approximate surface area is 158 Å². The molecular weight excluding hydrogens is 342 g/mol. The number of benzene rings is 1. The standard InChI is InChI=1S/C19H25N7O/c1-5-17-22-18(24-23-17)15-7-6-8-16(10-15)21-19(27)20-13(3)11-26-14(4)9-12(2)25-26/h6-10,13H,5,11H2,1-4H3,(H2,20,21,27)(H,22,23,24)/t13-/m1/s1. The largest absolute Gasteiger partial charge is 0.334 e. The van der Waals surface area contributed by atoms with Crippen LogP contribution in [0, 0.1) is 13.8 Å². The van der Waals surface area contributed by atoms with Gasteiger partial charge < -0.3 is 10.6 Å². The first-order valence-electron chi connectivity index (χ1n) is 9.05. The number of anilines is 1. The Bertz CT molecular complexity index is 928.